The van der Waals surface area contributed by atoms with E-state index in [2.05, 4.69) is 57.1 Å². The molecule has 1 aromatic heterocycles. The lowest BCUT2D eigenvalue weighted by Gasteiger charge is -1.96. The van der Waals surface area contributed by atoms with E-state index in [0.29, 0.717) is 0 Å². The molecule has 0 aliphatic heterocycles. The maximum atomic E-state index is 4.21. The van der Waals surface area contributed by atoms with Crippen molar-refractivity contribution in [3.63, 3.8) is 0 Å². The van der Waals surface area contributed by atoms with Gasteiger partial charge in [0.2, 0.25) is 0 Å². The van der Waals surface area contributed by atoms with Gasteiger partial charge in [0.25, 0.3) is 0 Å². The van der Waals surface area contributed by atoms with Crippen molar-refractivity contribution in [2.75, 3.05) is 0 Å². The highest BCUT2D eigenvalue weighted by atomic mass is 79.9. The van der Waals surface area contributed by atoms with Crippen LogP contribution in [0.4, 0.5) is 0 Å². The van der Waals surface area contributed by atoms with Crippen molar-refractivity contribution in [2.45, 2.75) is 6.92 Å². The van der Waals surface area contributed by atoms with Gasteiger partial charge < -0.3 is 4.98 Å². The summed E-state index contributed by atoms with van der Waals surface area (Å²) in [5, 5.41) is 0. The van der Waals surface area contributed by atoms with E-state index in [4.69, 9.17) is 0 Å². The van der Waals surface area contributed by atoms with E-state index in [0.717, 1.165) is 16.0 Å². The lowest BCUT2D eigenvalue weighted by atomic mass is 10.1. The van der Waals surface area contributed by atoms with Crippen LogP contribution in [0.5, 0.6) is 0 Å². The molecule has 0 fully saturated rings. The fourth-order valence-corrected chi connectivity index (χ4v) is 1.45. The quantitative estimate of drug-likeness (QED) is 0.810. The van der Waals surface area contributed by atoms with E-state index in [-0.39, 0.29) is 0 Å². The molecule has 0 radical (unpaired) electrons. The van der Waals surface area contributed by atoms with Crippen LogP contribution in [0, 0.1) is 6.92 Å². The molecule has 0 aliphatic carbocycles. The van der Waals surface area contributed by atoms with Gasteiger partial charge in [-0.2, -0.15) is 0 Å². The number of aromatic nitrogens is 2. The third-order valence-corrected chi connectivity index (χ3v) is 2.27. The molecule has 0 atom stereocenters. The van der Waals surface area contributed by atoms with E-state index in [1.807, 2.05) is 0 Å². The summed E-state index contributed by atoms with van der Waals surface area (Å²) in [6.07, 6.45) is 1.76. The largest absolute Gasteiger partial charge is 0.333 e. The number of hydrogen-bond acceptors (Lipinski definition) is 1. The first-order valence-electron chi connectivity index (χ1n) is 4.03. The molecule has 0 saturated heterocycles. The Kier molecular flexibility index (Phi) is 2.19. The third-order valence-electron chi connectivity index (χ3n) is 1.87. The molecule has 13 heavy (non-hydrogen) atoms. The first-order valence-corrected chi connectivity index (χ1v) is 4.82. The highest BCUT2D eigenvalue weighted by molar-refractivity contribution is 9.10. The van der Waals surface area contributed by atoms with Gasteiger partial charge in [-0.15, -0.1) is 0 Å². The number of rotatable bonds is 1. The number of hydrogen-bond donors (Lipinski definition) is 1. The van der Waals surface area contributed by atoms with Crippen LogP contribution in [0.25, 0.3) is 11.4 Å². The molecule has 0 amide bonds. The lowest BCUT2D eigenvalue weighted by Crippen LogP contribution is -1.80. The fourth-order valence-electron chi connectivity index (χ4n) is 1.16. The van der Waals surface area contributed by atoms with Crippen LogP contribution in [0.2, 0.25) is 0 Å². The molecule has 0 bridgehead atoms. The van der Waals surface area contributed by atoms with Crippen molar-refractivity contribution in [3.8, 4) is 11.4 Å². The summed E-state index contributed by atoms with van der Waals surface area (Å²) in [4.78, 5) is 7.33. The lowest BCUT2D eigenvalue weighted by molar-refractivity contribution is 1.29. The topological polar surface area (TPSA) is 28.7 Å². The smallest absolute Gasteiger partial charge is 0.138 e. The molecule has 2 nitrogen and oxygen atoms in total. The highest BCUT2D eigenvalue weighted by Gasteiger charge is 2.00. The van der Waals surface area contributed by atoms with Crippen molar-refractivity contribution < 1.29 is 0 Å². The van der Waals surface area contributed by atoms with Gasteiger partial charge in [-0.1, -0.05) is 29.8 Å². The minimum Gasteiger partial charge on any atom is -0.333 e. The van der Waals surface area contributed by atoms with Gasteiger partial charge in [0.15, 0.2) is 0 Å². The summed E-state index contributed by atoms with van der Waals surface area (Å²) >= 11 is 3.33. The van der Waals surface area contributed by atoms with E-state index in [1.165, 1.54) is 5.56 Å². The third kappa shape index (κ3) is 1.80. The average molecular weight is 237 g/mol. The molecule has 1 heterocycles. The Morgan fingerprint density at radius 2 is 1.92 bits per heavy atom. The second-order valence-electron chi connectivity index (χ2n) is 2.95. The van der Waals surface area contributed by atoms with Crippen molar-refractivity contribution >= 4 is 15.9 Å². The summed E-state index contributed by atoms with van der Waals surface area (Å²) in [5.41, 5.74) is 2.37. The number of halogens is 1. The second kappa shape index (κ2) is 3.34. The predicted octanol–water partition coefficient (Wildman–Crippen LogP) is 3.15. The Morgan fingerprint density at radius 3 is 2.46 bits per heavy atom. The van der Waals surface area contributed by atoms with Gasteiger partial charge in [-0.05, 0) is 22.9 Å². The molecule has 66 valence electrons. The Morgan fingerprint density at radius 1 is 1.23 bits per heavy atom. The zero-order valence-corrected chi connectivity index (χ0v) is 8.80. The maximum absolute atomic E-state index is 4.21. The molecule has 0 spiro atoms. The fraction of sp³-hybridized carbons (Fsp3) is 0.100. The van der Waals surface area contributed by atoms with Crippen molar-refractivity contribution in [3.05, 3.63) is 40.6 Å². The number of nitrogens with one attached hydrogen (secondary N) is 1. The molecule has 0 aliphatic rings. The van der Waals surface area contributed by atoms with Crippen LogP contribution in [-0.2, 0) is 0 Å². The number of H-pyrrole nitrogens is 1. The van der Waals surface area contributed by atoms with Gasteiger partial charge in [-0.3, -0.25) is 0 Å². The molecule has 1 N–H and O–H groups in total. The minimum absolute atomic E-state index is 0.895. The van der Waals surface area contributed by atoms with Crippen LogP contribution < -0.4 is 0 Å². The molecule has 2 aromatic rings. The molecule has 0 saturated carbocycles. The number of aryl methyl sites for hydroxylation is 1. The second-order valence-corrected chi connectivity index (χ2v) is 3.80. The van der Waals surface area contributed by atoms with Crippen LogP contribution in [0.1, 0.15) is 5.56 Å². The average Bonchev–Trinajstić information content (AvgIpc) is 2.53. The van der Waals surface area contributed by atoms with E-state index in [9.17, 15) is 0 Å². The summed E-state index contributed by atoms with van der Waals surface area (Å²) in [7, 11) is 0. The van der Waals surface area contributed by atoms with E-state index < -0.39 is 0 Å². The van der Waals surface area contributed by atoms with E-state index >= 15 is 0 Å². The summed E-state index contributed by atoms with van der Waals surface area (Å²) < 4.78 is 0.906. The van der Waals surface area contributed by atoms with Gasteiger partial charge in [0.05, 0.1) is 6.20 Å². The van der Waals surface area contributed by atoms with Gasteiger partial charge in [0, 0.05) is 5.56 Å². The van der Waals surface area contributed by atoms with E-state index in [1.54, 1.807) is 6.20 Å². The van der Waals surface area contributed by atoms with Crippen molar-refractivity contribution in [1.29, 1.82) is 0 Å². The summed E-state index contributed by atoms with van der Waals surface area (Å²) in [5.74, 6) is 0.895. The first-order chi connectivity index (χ1) is 6.25. The van der Waals surface area contributed by atoms with Crippen molar-refractivity contribution in [2.24, 2.45) is 0 Å². The number of aromatic amines is 1. The molecular formula is C10H9BrN2. The minimum atomic E-state index is 0.895. The molecule has 2 rings (SSSR count). The zero-order valence-electron chi connectivity index (χ0n) is 7.21. The maximum Gasteiger partial charge on any atom is 0.138 e. The SMILES string of the molecule is Cc1ccc(-c2ncc(Br)[nH]2)cc1. The number of nitrogens with zero attached hydrogens (tertiary/aromatic N) is 1. The summed E-state index contributed by atoms with van der Waals surface area (Å²) in [6, 6.07) is 8.26. The van der Waals surface area contributed by atoms with Crippen LogP contribution in [-0.4, -0.2) is 9.97 Å². The number of imidazole rings is 1. The molecule has 1 aromatic carbocycles. The molecule has 0 unspecified atom stereocenters. The Bertz CT molecular complexity index is 403. The monoisotopic (exact) mass is 236 g/mol. The van der Waals surface area contributed by atoms with Gasteiger partial charge >= 0.3 is 0 Å². The van der Waals surface area contributed by atoms with Gasteiger partial charge in [0.1, 0.15) is 10.4 Å². The Hall–Kier alpha value is -1.09. The first kappa shape index (κ1) is 8.51. The zero-order chi connectivity index (χ0) is 9.26. The van der Waals surface area contributed by atoms with Gasteiger partial charge in [-0.25, -0.2) is 4.98 Å². The molecular weight excluding hydrogens is 228 g/mol. The Balaban J connectivity index is 2.41. The number of benzene rings is 1. The Labute approximate surface area is 85.1 Å². The highest BCUT2D eigenvalue weighted by Crippen LogP contribution is 2.17. The van der Waals surface area contributed by atoms with Crippen LogP contribution in [0.15, 0.2) is 35.1 Å². The van der Waals surface area contributed by atoms with Crippen molar-refractivity contribution in [1.82, 2.24) is 9.97 Å². The van der Waals surface area contributed by atoms with Crippen LogP contribution >= 0.6 is 15.9 Å². The standard InChI is InChI=1S/C10H9BrN2/c1-7-2-4-8(5-3-7)10-12-6-9(11)13-10/h2-6H,1H3,(H,12,13). The normalized spacial score (nSPS) is 10.3. The van der Waals surface area contributed by atoms with Crippen LogP contribution in [0.3, 0.4) is 0 Å². The molecule has 3 heteroatoms. The predicted molar refractivity (Wildman–Crippen MR) is 56.5 cm³/mol. The summed E-state index contributed by atoms with van der Waals surface area (Å²) in [6.45, 7) is 2.07.